The topological polar surface area (TPSA) is 88.0 Å². The average molecular weight is 209 g/mol. The minimum absolute atomic E-state index is 0.0703. The van der Waals surface area contributed by atoms with Crippen LogP contribution in [0, 0.1) is 0 Å². The summed E-state index contributed by atoms with van der Waals surface area (Å²) in [7, 11) is 0. The van der Waals surface area contributed by atoms with Gasteiger partial charge in [0.25, 0.3) is 5.91 Å². The summed E-state index contributed by atoms with van der Waals surface area (Å²) in [4.78, 5) is 24.6. The summed E-state index contributed by atoms with van der Waals surface area (Å²) < 4.78 is 0. The van der Waals surface area contributed by atoms with Gasteiger partial charge in [0.15, 0.2) is 0 Å². The van der Waals surface area contributed by atoms with Crippen molar-refractivity contribution in [3.05, 3.63) is 34.2 Å². The SMILES string of the molecule is CC(N)CCNC(=O)c1ccc(=O)[nH]c1. The number of hydrogen-bond donors (Lipinski definition) is 3. The lowest BCUT2D eigenvalue weighted by molar-refractivity contribution is 0.0952. The first-order valence-electron chi connectivity index (χ1n) is 4.82. The maximum atomic E-state index is 11.5. The Morgan fingerprint density at radius 3 is 2.87 bits per heavy atom. The molecule has 0 aliphatic rings. The Hall–Kier alpha value is -1.62. The molecule has 5 nitrogen and oxygen atoms in total. The van der Waals surface area contributed by atoms with Crippen LogP contribution in [0.4, 0.5) is 0 Å². The van der Waals surface area contributed by atoms with Crippen LogP contribution in [0.1, 0.15) is 23.7 Å². The lowest BCUT2D eigenvalue weighted by Gasteiger charge is -2.06. The van der Waals surface area contributed by atoms with Gasteiger partial charge in [0, 0.05) is 24.8 Å². The van der Waals surface area contributed by atoms with Crippen LogP contribution in [0.2, 0.25) is 0 Å². The van der Waals surface area contributed by atoms with Gasteiger partial charge in [-0.05, 0) is 19.4 Å². The van der Waals surface area contributed by atoms with Crippen LogP contribution in [-0.4, -0.2) is 23.5 Å². The maximum absolute atomic E-state index is 11.5. The monoisotopic (exact) mass is 209 g/mol. The second kappa shape index (κ2) is 5.31. The van der Waals surface area contributed by atoms with Crippen LogP contribution in [0.25, 0.3) is 0 Å². The molecule has 0 saturated carbocycles. The second-order valence-electron chi connectivity index (χ2n) is 3.46. The van der Waals surface area contributed by atoms with Gasteiger partial charge in [-0.25, -0.2) is 0 Å². The first-order valence-corrected chi connectivity index (χ1v) is 4.82. The van der Waals surface area contributed by atoms with Crippen molar-refractivity contribution < 1.29 is 4.79 Å². The number of carbonyl (C=O) groups excluding carboxylic acids is 1. The van der Waals surface area contributed by atoms with E-state index in [0.717, 1.165) is 6.42 Å². The molecule has 0 aliphatic carbocycles. The Morgan fingerprint density at radius 2 is 2.33 bits per heavy atom. The van der Waals surface area contributed by atoms with E-state index in [2.05, 4.69) is 10.3 Å². The Labute approximate surface area is 87.7 Å². The number of nitrogens with two attached hydrogens (primary N) is 1. The summed E-state index contributed by atoms with van der Waals surface area (Å²) in [6.07, 6.45) is 2.12. The molecular weight excluding hydrogens is 194 g/mol. The van der Waals surface area contributed by atoms with E-state index in [4.69, 9.17) is 5.73 Å². The number of aromatic nitrogens is 1. The highest BCUT2D eigenvalue weighted by Gasteiger charge is 2.04. The van der Waals surface area contributed by atoms with E-state index < -0.39 is 0 Å². The first kappa shape index (κ1) is 11.5. The van der Waals surface area contributed by atoms with Gasteiger partial charge in [0.2, 0.25) is 5.56 Å². The molecule has 15 heavy (non-hydrogen) atoms. The van der Waals surface area contributed by atoms with E-state index in [1.165, 1.54) is 18.3 Å². The number of H-pyrrole nitrogens is 1. The molecule has 0 radical (unpaired) electrons. The van der Waals surface area contributed by atoms with Crippen molar-refractivity contribution in [2.24, 2.45) is 5.73 Å². The number of carbonyl (C=O) groups is 1. The van der Waals surface area contributed by atoms with Crippen molar-refractivity contribution in [3.8, 4) is 0 Å². The zero-order valence-electron chi connectivity index (χ0n) is 8.62. The minimum Gasteiger partial charge on any atom is -0.352 e. The molecule has 1 heterocycles. The molecule has 4 N–H and O–H groups in total. The van der Waals surface area contributed by atoms with Crippen LogP contribution in [0.5, 0.6) is 0 Å². The number of pyridine rings is 1. The summed E-state index contributed by atoms with van der Waals surface area (Å²) in [5, 5.41) is 2.71. The number of hydrogen-bond acceptors (Lipinski definition) is 3. The molecule has 0 fully saturated rings. The van der Waals surface area contributed by atoms with E-state index in [1.54, 1.807) is 0 Å². The normalized spacial score (nSPS) is 12.1. The van der Waals surface area contributed by atoms with E-state index in [0.29, 0.717) is 12.1 Å². The summed E-state index contributed by atoms with van der Waals surface area (Å²) in [5.74, 6) is -0.202. The van der Waals surface area contributed by atoms with Crippen molar-refractivity contribution in [1.29, 1.82) is 0 Å². The summed E-state index contributed by atoms with van der Waals surface area (Å²) in [6.45, 7) is 2.42. The zero-order chi connectivity index (χ0) is 11.3. The zero-order valence-corrected chi connectivity index (χ0v) is 8.62. The molecule has 0 saturated heterocycles. The molecule has 1 aromatic heterocycles. The molecule has 0 spiro atoms. The van der Waals surface area contributed by atoms with Crippen molar-refractivity contribution in [2.75, 3.05) is 6.54 Å². The van der Waals surface area contributed by atoms with Gasteiger partial charge in [-0.1, -0.05) is 0 Å². The van der Waals surface area contributed by atoms with Crippen LogP contribution < -0.4 is 16.6 Å². The molecule has 1 aromatic rings. The van der Waals surface area contributed by atoms with E-state index in [-0.39, 0.29) is 17.5 Å². The number of nitrogens with one attached hydrogen (secondary N) is 2. The fourth-order valence-corrected chi connectivity index (χ4v) is 1.07. The molecular formula is C10H15N3O2. The predicted octanol–water partition coefficient (Wildman–Crippen LogP) is -0.158. The third-order valence-corrected chi connectivity index (χ3v) is 1.93. The smallest absolute Gasteiger partial charge is 0.252 e. The summed E-state index contributed by atoms with van der Waals surface area (Å²) in [6, 6.07) is 2.88. The quantitative estimate of drug-likeness (QED) is 0.644. The molecule has 1 rings (SSSR count). The highest BCUT2D eigenvalue weighted by atomic mass is 16.1. The van der Waals surface area contributed by atoms with E-state index in [1.807, 2.05) is 6.92 Å². The van der Waals surface area contributed by atoms with Gasteiger partial charge in [-0.15, -0.1) is 0 Å². The minimum atomic E-state index is -0.220. The Balaban J connectivity index is 2.47. The Morgan fingerprint density at radius 1 is 1.60 bits per heavy atom. The van der Waals surface area contributed by atoms with Gasteiger partial charge in [-0.2, -0.15) is 0 Å². The van der Waals surface area contributed by atoms with Gasteiger partial charge in [0.1, 0.15) is 0 Å². The van der Waals surface area contributed by atoms with Crippen molar-refractivity contribution in [1.82, 2.24) is 10.3 Å². The van der Waals surface area contributed by atoms with Crippen LogP contribution in [0.3, 0.4) is 0 Å². The van der Waals surface area contributed by atoms with Crippen molar-refractivity contribution in [3.63, 3.8) is 0 Å². The highest BCUT2D eigenvalue weighted by Crippen LogP contribution is 1.93. The summed E-state index contributed by atoms with van der Waals surface area (Å²) >= 11 is 0. The largest absolute Gasteiger partial charge is 0.352 e. The molecule has 0 bridgehead atoms. The number of rotatable bonds is 4. The molecule has 82 valence electrons. The fraction of sp³-hybridized carbons (Fsp3) is 0.400. The van der Waals surface area contributed by atoms with Gasteiger partial charge >= 0.3 is 0 Å². The third-order valence-electron chi connectivity index (χ3n) is 1.93. The average Bonchev–Trinajstić information content (AvgIpc) is 2.18. The van der Waals surface area contributed by atoms with E-state index in [9.17, 15) is 9.59 Å². The Kier molecular flexibility index (Phi) is 4.05. The van der Waals surface area contributed by atoms with Crippen LogP contribution >= 0.6 is 0 Å². The fourth-order valence-electron chi connectivity index (χ4n) is 1.07. The van der Waals surface area contributed by atoms with Crippen molar-refractivity contribution in [2.45, 2.75) is 19.4 Å². The van der Waals surface area contributed by atoms with E-state index >= 15 is 0 Å². The second-order valence-corrected chi connectivity index (χ2v) is 3.46. The molecule has 0 aromatic carbocycles. The molecule has 5 heteroatoms. The highest BCUT2D eigenvalue weighted by molar-refractivity contribution is 5.93. The first-order chi connectivity index (χ1) is 7.09. The van der Waals surface area contributed by atoms with Gasteiger partial charge in [-0.3, -0.25) is 9.59 Å². The lowest BCUT2D eigenvalue weighted by atomic mass is 10.2. The van der Waals surface area contributed by atoms with Crippen molar-refractivity contribution >= 4 is 5.91 Å². The molecule has 0 aliphatic heterocycles. The van der Waals surface area contributed by atoms with Crippen LogP contribution in [-0.2, 0) is 0 Å². The van der Waals surface area contributed by atoms with Gasteiger partial charge < -0.3 is 16.0 Å². The Bertz CT molecular complexity index is 364. The number of aromatic amines is 1. The number of amides is 1. The predicted molar refractivity (Wildman–Crippen MR) is 57.7 cm³/mol. The van der Waals surface area contributed by atoms with Crippen LogP contribution in [0.15, 0.2) is 23.1 Å². The molecule has 1 atom stereocenters. The summed E-state index contributed by atoms with van der Waals surface area (Å²) in [5.41, 5.74) is 5.76. The van der Waals surface area contributed by atoms with Gasteiger partial charge in [0.05, 0.1) is 5.56 Å². The third kappa shape index (κ3) is 3.95. The molecule has 1 amide bonds. The molecule has 1 unspecified atom stereocenters. The maximum Gasteiger partial charge on any atom is 0.252 e. The standard InChI is InChI=1S/C10H15N3O2/c1-7(11)4-5-12-10(15)8-2-3-9(14)13-6-8/h2-3,6-7H,4-5,11H2,1H3,(H,12,15)(H,13,14). The lowest BCUT2D eigenvalue weighted by Crippen LogP contribution is -2.29.